The number of aromatic nitrogens is 1. The Morgan fingerprint density at radius 1 is 1.59 bits per heavy atom. The Kier molecular flexibility index (Phi) is 4.68. The lowest BCUT2D eigenvalue weighted by molar-refractivity contribution is 0.410. The highest BCUT2D eigenvalue weighted by Crippen LogP contribution is 2.36. The van der Waals surface area contributed by atoms with Gasteiger partial charge in [0, 0.05) is 17.5 Å². The van der Waals surface area contributed by atoms with Crippen molar-refractivity contribution in [3.8, 4) is 5.75 Å². The molecule has 0 amide bonds. The third kappa shape index (κ3) is 3.13. The fourth-order valence-corrected chi connectivity index (χ4v) is 3.68. The summed E-state index contributed by atoms with van der Waals surface area (Å²) < 4.78 is 5.25. The van der Waals surface area contributed by atoms with Gasteiger partial charge in [-0.15, -0.1) is 0 Å². The third-order valence-corrected chi connectivity index (χ3v) is 4.55. The van der Waals surface area contributed by atoms with Gasteiger partial charge in [-0.3, -0.25) is 4.98 Å². The number of thioether (sulfide) groups is 1. The highest BCUT2D eigenvalue weighted by Gasteiger charge is 2.26. The minimum atomic E-state index is 0.398. The van der Waals surface area contributed by atoms with Crippen LogP contribution in [0.3, 0.4) is 0 Å². The Balaban J connectivity index is 2.18. The van der Waals surface area contributed by atoms with Crippen LogP contribution in [0, 0.1) is 0 Å². The molecule has 1 aromatic heterocycles. The molecule has 4 heteroatoms. The highest BCUT2D eigenvalue weighted by atomic mass is 32.2. The maximum Gasteiger partial charge on any atom is 0.137 e. The van der Waals surface area contributed by atoms with Crippen molar-refractivity contribution in [3.05, 3.63) is 24.0 Å². The lowest BCUT2D eigenvalue weighted by atomic mass is 10.0. The number of hydrogen-bond acceptors (Lipinski definition) is 4. The first-order chi connectivity index (χ1) is 8.35. The summed E-state index contributed by atoms with van der Waals surface area (Å²) in [4.78, 5) is 4.26. The van der Waals surface area contributed by atoms with E-state index in [9.17, 15) is 0 Å². The van der Waals surface area contributed by atoms with Crippen LogP contribution in [0.5, 0.6) is 5.75 Å². The van der Waals surface area contributed by atoms with Gasteiger partial charge in [0.25, 0.3) is 0 Å². The average Bonchev–Trinajstić information content (AvgIpc) is 2.89. The Bertz CT molecular complexity index is 353. The predicted molar refractivity (Wildman–Crippen MR) is 72.7 cm³/mol. The van der Waals surface area contributed by atoms with Crippen molar-refractivity contribution in [1.29, 1.82) is 0 Å². The Hall–Kier alpha value is -0.740. The standard InChI is InChI=1S/C13H20N2OS/c1-3-15-13(12-5-4-6-17-12)10-7-11(16-2)9-14-8-10/h7-9,12-13,15H,3-6H2,1-2H3. The summed E-state index contributed by atoms with van der Waals surface area (Å²) in [7, 11) is 1.69. The van der Waals surface area contributed by atoms with Crippen LogP contribution < -0.4 is 10.1 Å². The molecule has 1 fully saturated rings. The number of hydrogen-bond donors (Lipinski definition) is 1. The molecule has 0 spiro atoms. The molecule has 1 aromatic rings. The Morgan fingerprint density at radius 3 is 3.12 bits per heavy atom. The fourth-order valence-electron chi connectivity index (χ4n) is 2.27. The van der Waals surface area contributed by atoms with Crippen molar-refractivity contribution in [3.63, 3.8) is 0 Å². The number of ether oxygens (including phenoxy) is 1. The van der Waals surface area contributed by atoms with Crippen LogP contribution >= 0.6 is 11.8 Å². The van der Waals surface area contributed by atoms with Gasteiger partial charge in [0.05, 0.1) is 13.3 Å². The monoisotopic (exact) mass is 252 g/mol. The van der Waals surface area contributed by atoms with Gasteiger partial charge in [0.15, 0.2) is 0 Å². The molecule has 2 atom stereocenters. The topological polar surface area (TPSA) is 34.2 Å². The third-order valence-electron chi connectivity index (χ3n) is 3.09. The van der Waals surface area contributed by atoms with E-state index in [0.29, 0.717) is 11.3 Å². The number of rotatable bonds is 5. The van der Waals surface area contributed by atoms with E-state index in [4.69, 9.17) is 4.74 Å². The van der Waals surface area contributed by atoms with Gasteiger partial charge in [0.1, 0.15) is 5.75 Å². The van der Waals surface area contributed by atoms with Crippen LogP contribution in [0.1, 0.15) is 31.4 Å². The van der Waals surface area contributed by atoms with Crippen molar-refractivity contribution in [2.75, 3.05) is 19.4 Å². The van der Waals surface area contributed by atoms with Gasteiger partial charge in [-0.05, 0) is 36.8 Å². The van der Waals surface area contributed by atoms with Gasteiger partial charge >= 0.3 is 0 Å². The smallest absolute Gasteiger partial charge is 0.137 e. The summed E-state index contributed by atoms with van der Waals surface area (Å²) in [5.41, 5.74) is 1.24. The van der Waals surface area contributed by atoms with Crippen molar-refractivity contribution < 1.29 is 4.74 Å². The zero-order valence-corrected chi connectivity index (χ0v) is 11.3. The average molecular weight is 252 g/mol. The van der Waals surface area contributed by atoms with E-state index in [1.165, 1.54) is 24.2 Å². The molecule has 1 aliphatic heterocycles. The molecule has 1 aliphatic rings. The first kappa shape index (κ1) is 12.7. The van der Waals surface area contributed by atoms with Gasteiger partial charge < -0.3 is 10.1 Å². The van der Waals surface area contributed by atoms with Crippen molar-refractivity contribution >= 4 is 11.8 Å². The van der Waals surface area contributed by atoms with Crippen LogP contribution in [-0.4, -0.2) is 29.6 Å². The van der Waals surface area contributed by atoms with E-state index in [1.807, 2.05) is 6.20 Å². The molecule has 3 nitrogen and oxygen atoms in total. The number of methoxy groups -OCH3 is 1. The summed E-state index contributed by atoms with van der Waals surface area (Å²) in [6.45, 7) is 3.14. The molecule has 17 heavy (non-hydrogen) atoms. The lowest BCUT2D eigenvalue weighted by Gasteiger charge is -2.24. The molecule has 0 saturated carbocycles. The molecule has 0 radical (unpaired) electrons. The second-order valence-corrected chi connectivity index (χ2v) is 5.59. The molecule has 1 N–H and O–H groups in total. The highest BCUT2D eigenvalue weighted by molar-refractivity contribution is 8.00. The minimum Gasteiger partial charge on any atom is -0.495 e. The number of nitrogens with one attached hydrogen (secondary N) is 1. The van der Waals surface area contributed by atoms with E-state index in [-0.39, 0.29) is 0 Å². The lowest BCUT2D eigenvalue weighted by Crippen LogP contribution is -2.29. The largest absolute Gasteiger partial charge is 0.495 e. The number of nitrogens with zero attached hydrogens (tertiary/aromatic N) is 1. The van der Waals surface area contributed by atoms with E-state index >= 15 is 0 Å². The van der Waals surface area contributed by atoms with E-state index < -0.39 is 0 Å². The molecule has 2 heterocycles. The Labute approximate surface area is 107 Å². The fraction of sp³-hybridized carbons (Fsp3) is 0.615. The molecule has 1 saturated heterocycles. The molecular weight excluding hydrogens is 232 g/mol. The van der Waals surface area contributed by atoms with Crippen LogP contribution in [0.15, 0.2) is 18.5 Å². The van der Waals surface area contributed by atoms with Crippen molar-refractivity contribution in [1.82, 2.24) is 10.3 Å². The summed E-state index contributed by atoms with van der Waals surface area (Å²) in [5, 5.41) is 4.25. The molecule has 2 rings (SSSR count). The van der Waals surface area contributed by atoms with Gasteiger partial charge in [0.2, 0.25) is 0 Å². The van der Waals surface area contributed by atoms with Crippen LogP contribution in [0.2, 0.25) is 0 Å². The normalized spacial score (nSPS) is 21.4. The summed E-state index contributed by atoms with van der Waals surface area (Å²) in [5.74, 6) is 2.12. The van der Waals surface area contributed by atoms with E-state index in [1.54, 1.807) is 13.3 Å². The van der Waals surface area contributed by atoms with E-state index in [0.717, 1.165) is 12.3 Å². The second-order valence-electron chi connectivity index (χ2n) is 4.24. The molecular formula is C13H20N2OS. The minimum absolute atomic E-state index is 0.398. The molecule has 0 bridgehead atoms. The summed E-state index contributed by atoms with van der Waals surface area (Å²) in [6, 6.07) is 2.49. The SMILES string of the molecule is CCNC(c1cncc(OC)c1)C1CCCS1. The Morgan fingerprint density at radius 2 is 2.47 bits per heavy atom. The molecule has 2 unspecified atom stereocenters. The molecule has 94 valence electrons. The maximum atomic E-state index is 5.25. The van der Waals surface area contributed by atoms with Gasteiger partial charge in [-0.2, -0.15) is 11.8 Å². The first-order valence-electron chi connectivity index (χ1n) is 6.19. The van der Waals surface area contributed by atoms with Crippen molar-refractivity contribution in [2.45, 2.75) is 31.1 Å². The van der Waals surface area contributed by atoms with Crippen molar-refractivity contribution in [2.24, 2.45) is 0 Å². The zero-order valence-electron chi connectivity index (χ0n) is 10.5. The van der Waals surface area contributed by atoms with Crippen LogP contribution in [0.4, 0.5) is 0 Å². The maximum absolute atomic E-state index is 5.25. The van der Waals surface area contributed by atoms with Gasteiger partial charge in [-0.1, -0.05) is 6.92 Å². The second kappa shape index (κ2) is 6.26. The van der Waals surface area contributed by atoms with Crippen LogP contribution in [-0.2, 0) is 0 Å². The summed E-state index contributed by atoms with van der Waals surface area (Å²) in [6.07, 6.45) is 6.33. The van der Waals surface area contributed by atoms with Crippen LogP contribution in [0.25, 0.3) is 0 Å². The predicted octanol–water partition coefficient (Wildman–Crippen LogP) is 2.64. The van der Waals surface area contributed by atoms with E-state index in [2.05, 4.69) is 35.1 Å². The molecule has 0 aliphatic carbocycles. The molecule has 0 aromatic carbocycles. The van der Waals surface area contributed by atoms with Gasteiger partial charge in [-0.25, -0.2) is 0 Å². The first-order valence-corrected chi connectivity index (χ1v) is 7.24. The number of pyridine rings is 1. The summed E-state index contributed by atoms with van der Waals surface area (Å²) >= 11 is 2.07. The quantitative estimate of drug-likeness (QED) is 0.873. The zero-order chi connectivity index (χ0) is 12.1.